The zero-order valence-corrected chi connectivity index (χ0v) is 19.5. The summed E-state index contributed by atoms with van der Waals surface area (Å²) in [5, 5.41) is 6.74. The Morgan fingerprint density at radius 2 is 1.61 bits per heavy atom. The van der Waals surface area contributed by atoms with Crippen LogP contribution in [0.25, 0.3) is 0 Å². The van der Waals surface area contributed by atoms with Gasteiger partial charge in [-0.05, 0) is 61.8 Å². The maximum atomic E-state index is 13.1. The molecule has 4 rings (SSSR count). The fourth-order valence-electron chi connectivity index (χ4n) is 4.38. The number of rotatable bonds is 8. The van der Waals surface area contributed by atoms with E-state index < -0.39 is 0 Å². The first-order valence-electron chi connectivity index (χ1n) is 11.8. The highest BCUT2D eigenvalue weighted by Crippen LogP contribution is 2.22. The minimum absolute atomic E-state index is 0.0390. The molecule has 33 heavy (non-hydrogen) atoms. The van der Waals surface area contributed by atoms with E-state index in [0.717, 1.165) is 55.5 Å². The Hall–Kier alpha value is -3.41. The average molecular weight is 444 g/mol. The summed E-state index contributed by atoms with van der Waals surface area (Å²) in [5.74, 6) is 1.59. The zero-order valence-electron chi connectivity index (χ0n) is 19.5. The van der Waals surface area contributed by atoms with Gasteiger partial charge in [-0.15, -0.1) is 0 Å². The van der Waals surface area contributed by atoms with Crippen LogP contribution in [-0.4, -0.2) is 42.1 Å². The molecule has 1 saturated carbocycles. The molecule has 3 aromatic rings. The van der Waals surface area contributed by atoms with Crippen LogP contribution in [0.3, 0.4) is 0 Å². The largest absolute Gasteiger partial charge is 0.363 e. The molecular formula is C27H33N5O. The van der Waals surface area contributed by atoms with Crippen LogP contribution in [0, 0.1) is 0 Å². The molecule has 1 fully saturated rings. The van der Waals surface area contributed by atoms with Gasteiger partial charge in [0.25, 0.3) is 5.91 Å². The van der Waals surface area contributed by atoms with Crippen LogP contribution in [0.1, 0.15) is 47.2 Å². The van der Waals surface area contributed by atoms with Gasteiger partial charge in [0.2, 0.25) is 5.95 Å². The number of benzene rings is 2. The topological polar surface area (TPSA) is 70.2 Å². The lowest BCUT2D eigenvalue weighted by Crippen LogP contribution is -2.40. The molecule has 6 nitrogen and oxygen atoms in total. The number of amides is 1. The summed E-state index contributed by atoms with van der Waals surface area (Å²) < 4.78 is 0. The monoisotopic (exact) mass is 443 g/mol. The van der Waals surface area contributed by atoms with Gasteiger partial charge >= 0.3 is 0 Å². The van der Waals surface area contributed by atoms with Gasteiger partial charge in [-0.1, -0.05) is 48.5 Å². The summed E-state index contributed by atoms with van der Waals surface area (Å²) >= 11 is 0. The zero-order chi connectivity index (χ0) is 23.0. The van der Waals surface area contributed by atoms with E-state index >= 15 is 0 Å². The quantitative estimate of drug-likeness (QED) is 0.537. The van der Waals surface area contributed by atoms with Crippen molar-refractivity contribution >= 4 is 17.7 Å². The van der Waals surface area contributed by atoms with Gasteiger partial charge < -0.3 is 15.5 Å². The summed E-state index contributed by atoms with van der Waals surface area (Å²) in [5.41, 5.74) is 3.19. The van der Waals surface area contributed by atoms with Crippen molar-refractivity contribution in [1.29, 1.82) is 0 Å². The van der Waals surface area contributed by atoms with E-state index in [0.29, 0.717) is 12.0 Å². The number of carbonyl (C=O) groups is 1. The number of nitrogens with zero attached hydrogens (tertiary/aromatic N) is 3. The van der Waals surface area contributed by atoms with Crippen molar-refractivity contribution in [2.24, 2.45) is 0 Å². The van der Waals surface area contributed by atoms with E-state index in [1.807, 2.05) is 49.3 Å². The smallest absolute Gasteiger partial charge is 0.251 e. The third-order valence-electron chi connectivity index (χ3n) is 6.28. The van der Waals surface area contributed by atoms with Crippen LogP contribution in [0.5, 0.6) is 0 Å². The van der Waals surface area contributed by atoms with Gasteiger partial charge in [-0.3, -0.25) is 4.79 Å². The molecule has 172 valence electrons. The molecule has 0 atom stereocenters. The maximum absolute atomic E-state index is 13.1. The molecule has 1 heterocycles. The summed E-state index contributed by atoms with van der Waals surface area (Å²) in [6.07, 6.45) is 7.43. The molecule has 0 aliphatic heterocycles. The Labute approximate surface area is 196 Å². The molecule has 2 N–H and O–H groups in total. The van der Waals surface area contributed by atoms with Gasteiger partial charge in [0.15, 0.2) is 0 Å². The second kappa shape index (κ2) is 10.9. The van der Waals surface area contributed by atoms with Crippen molar-refractivity contribution in [3.05, 3.63) is 83.6 Å². The van der Waals surface area contributed by atoms with Gasteiger partial charge in [-0.2, -0.15) is 4.98 Å². The Morgan fingerprint density at radius 3 is 2.36 bits per heavy atom. The fraction of sp³-hybridized carbons (Fsp3) is 0.370. The first-order valence-corrected chi connectivity index (χ1v) is 11.8. The van der Waals surface area contributed by atoms with Gasteiger partial charge in [0.1, 0.15) is 5.82 Å². The normalized spacial score (nSPS) is 17.9. The number of hydrogen-bond acceptors (Lipinski definition) is 5. The highest BCUT2D eigenvalue weighted by Gasteiger charge is 2.24. The van der Waals surface area contributed by atoms with Gasteiger partial charge in [-0.25, -0.2) is 4.98 Å². The third-order valence-corrected chi connectivity index (χ3v) is 6.28. The lowest BCUT2D eigenvalue weighted by Gasteiger charge is -2.30. The number of carbonyl (C=O) groups excluding carboxylic acids is 1. The standard InChI is InChI=1S/C27H33N5O/c1-32(2)25-18-19-28-27(31-25)30-23-16-14-22(15-17-23)29-26(33)24-11-7-6-10-21(24)13-12-20-8-4-3-5-9-20/h3-11,18-19,22-23H,12-17H2,1-2H3,(H,29,33)(H,28,30,31). The van der Waals surface area contributed by atoms with Crippen molar-refractivity contribution in [2.75, 3.05) is 24.3 Å². The first kappa shape index (κ1) is 22.8. The highest BCUT2D eigenvalue weighted by atomic mass is 16.1. The SMILES string of the molecule is CN(C)c1ccnc(NC2CCC(NC(=O)c3ccccc3CCc3ccccc3)CC2)n1. The molecule has 1 aliphatic rings. The van der Waals surface area contributed by atoms with E-state index in [-0.39, 0.29) is 11.9 Å². The number of hydrogen-bond donors (Lipinski definition) is 2. The lowest BCUT2D eigenvalue weighted by atomic mass is 9.90. The number of aromatic nitrogens is 2. The van der Waals surface area contributed by atoms with E-state index in [1.165, 1.54) is 5.56 Å². The molecule has 6 heteroatoms. The van der Waals surface area contributed by atoms with Crippen LogP contribution < -0.4 is 15.5 Å². The van der Waals surface area contributed by atoms with Crippen LogP contribution in [-0.2, 0) is 12.8 Å². The molecule has 2 aromatic carbocycles. The average Bonchev–Trinajstić information content (AvgIpc) is 2.85. The summed E-state index contributed by atoms with van der Waals surface area (Å²) in [6.45, 7) is 0. The van der Waals surface area contributed by atoms with Crippen molar-refractivity contribution in [1.82, 2.24) is 15.3 Å². The maximum Gasteiger partial charge on any atom is 0.251 e. The van der Waals surface area contributed by atoms with Gasteiger partial charge in [0, 0.05) is 37.9 Å². The Morgan fingerprint density at radius 1 is 0.909 bits per heavy atom. The Kier molecular flexibility index (Phi) is 7.55. The molecular weight excluding hydrogens is 410 g/mol. The Balaban J connectivity index is 1.29. The van der Waals surface area contributed by atoms with E-state index in [2.05, 4.69) is 50.9 Å². The van der Waals surface area contributed by atoms with Crippen molar-refractivity contribution < 1.29 is 4.79 Å². The van der Waals surface area contributed by atoms with Crippen LogP contribution >= 0.6 is 0 Å². The second-order valence-electron chi connectivity index (χ2n) is 8.94. The second-order valence-corrected chi connectivity index (χ2v) is 8.94. The highest BCUT2D eigenvalue weighted by molar-refractivity contribution is 5.95. The number of aryl methyl sites for hydroxylation is 2. The first-order chi connectivity index (χ1) is 16.1. The minimum Gasteiger partial charge on any atom is -0.363 e. The molecule has 0 radical (unpaired) electrons. The van der Waals surface area contributed by atoms with Crippen LogP contribution in [0.2, 0.25) is 0 Å². The molecule has 1 aromatic heterocycles. The number of nitrogens with one attached hydrogen (secondary N) is 2. The molecule has 1 amide bonds. The van der Waals surface area contributed by atoms with E-state index in [9.17, 15) is 4.79 Å². The minimum atomic E-state index is 0.0390. The summed E-state index contributed by atoms with van der Waals surface area (Å²) in [7, 11) is 3.94. The van der Waals surface area contributed by atoms with E-state index in [4.69, 9.17) is 0 Å². The Bertz CT molecular complexity index is 1050. The molecule has 0 unspecified atom stereocenters. The fourth-order valence-corrected chi connectivity index (χ4v) is 4.38. The predicted molar refractivity (Wildman–Crippen MR) is 134 cm³/mol. The molecule has 0 saturated heterocycles. The van der Waals surface area contributed by atoms with Crippen molar-refractivity contribution in [3.63, 3.8) is 0 Å². The van der Waals surface area contributed by atoms with Crippen molar-refractivity contribution in [3.8, 4) is 0 Å². The van der Waals surface area contributed by atoms with Gasteiger partial charge in [0.05, 0.1) is 0 Å². The molecule has 0 bridgehead atoms. The predicted octanol–water partition coefficient (Wildman–Crippen LogP) is 4.48. The third kappa shape index (κ3) is 6.31. The number of anilines is 2. The van der Waals surface area contributed by atoms with Crippen molar-refractivity contribution in [2.45, 2.75) is 50.6 Å². The van der Waals surface area contributed by atoms with E-state index in [1.54, 1.807) is 6.20 Å². The van der Waals surface area contributed by atoms with Crippen LogP contribution in [0.15, 0.2) is 66.9 Å². The van der Waals surface area contributed by atoms with Crippen LogP contribution in [0.4, 0.5) is 11.8 Å². The summed E-state index contributed by atoms with van der Waals surface area (Å²) in [4.78, 5) is 23.9. The molecule has 0 spiro atoms. The molecule has 1 aliphatic carbocycles. The lowest BCUT2D eigenvalue weighted by molar-refractivity contribution is 0.0925. The summed E-state index contributed by atoms with van der Waals surface area (Å²) in [6, 6.07) is 20.8.